The monoisotopic (exact) mass is 383 g/mol. The minimum absolute atomic E-state index is 0.00300. The van der Waals surface area contributed by atoms with Crippen molar-refractivity contribution in [3.8, 4) is 0 Å². The van der Waals surface area contributed by atoms with Crippen molar-refractivity contribution in [1.82, 2.24) is 0 Å². The van der Waals surface area contributed by atoms with Gasteiger partial charge in [-0.3, -0.25) is 19.3 Å². The Hall–Kier alpha value is -2.76. The van der Waals surface area contributed by atoms with Crippen molar-refractivity contribution < 1.29 is 23.9 Å². The van der Waals surface area contributed by atoms with Gasteiger partial charge in [-0.2, -0.15) is 0 Å². The molecule has 0 unspecified atom stereocenters. The molecular formula is C22H25NO5. The van der Waals surface area contributed by atoms with Crippen LogP contribution >= 0.6 is 0 Å². The molecule has 1 aromatic carbocycles. The highest BCUT2D eigenvalue weighted by molar-refractivity contribution is 6.22. The van der Waals surface area contributed by atoms with E-state index in [-0.39, 0.29) is 47.5 Å². The molecule has 1 heterocycles. The molecule has 1 fully saturated rings. The lowest BCUT2D eigenvalue weighted by Gasteiger charge is -2.22. The Morgan fingerprint density at radius 3 is 2.54 bits per heavy atom. The van der Waals surface area contributed by atoms with E-state index in [9.17, 15) is 19.2 Å². The van der Waals surface area contributed by atoms with E-state index < -0.39 is 11.4 Å². The molecule has 1 aliphatic carbocycles. The molecule has 1 saturated heterocycles. The van der Waals surface area contributed by atoms with Crippen LogP contribution in [0.5, 0.6) is 0 Å². The third-order valence-corrected chi connectivity index (χ3v) is 5.38. The number of fused-ring (bicyclic) bond motifs is 1. The molecule has 0 bridgehead atoms. The maximum Gasteiger partial charge on any atom is 0.338 e. The van der Waals surface area contributed by atoms with Crippen molar-refractivity contribution >= 4 is 29.3 Å². The second-order valence-electron chi connectivity index (χ2n) is 8.47. The van der Waals surface area contributed by atoms with Crippen molar-refractivity contribution in [3.63, 3.8) is 0 Å². The summed E-state index contributed by atoms with van der Waals surface area (Å²) in [6.45, 7) is 6.88. The molecule has 1 aromatic rings. The Kier molecular flexibility index (Phi) is 5.24. The van der Waals surface area contributed by atoms with Crippen LogP contribution in [0.2, 0.25) is 0 Å². The van der Waals surface area contributed by atoms with E-state index in [4.69, 9.17) is 4.74 Å². The minimum atomic E-state index is -0.661. The van der Waals surface area contributed by atoms with Crippen LogP contribution in [0, 0.1) is 23.2 Å². The van der Waals surface area contributed by atoms with Crippen LogP contribution in [0.4, 0.5) is 5.69 Å². The topological polar surface area (TPSA) is 80.8 Å². The molecule has 28 heavy (non-hydrogen) atoms. The maximum atomic E-state index is 12.9. The van der Waals surface area contributed by atoms with Crippen molar-refractivity contribution in [3.05, 3.63) is 42.0 Å². The second-order valence-corrected chi connectivity index (χ2v) is 8.47. The van der Waals surface area contributed by atoms with Gasteiger partial charge >= 0.3 is 5.97 Å². The van der Waals surface area contributed by atoms with Crippen LogP contribution < -0.4 is 4.90 Å². The molecule has 6 nitrogen and oxygen atoms in total. The molecule has 0 saturated carbocycles. The number of imide groups is 1. The van der Waals surface area contributed by atoms with Crippen molar-refractivity contribution in [2.45, 2.75) is 34.1 Å². The summed E-state index contributed by atoms with van der Waals surface area (Å²) in [4.78, 5) is 51.2. The number of hydrogen-bond donors (Lipinski definition) is 0. The largest absolute Gasteiger partial charge is 0.454 e. The second kappa shape index (κ2) is 7.34. The van der Waals surface area contributed by atoms with Crippen LogP contribution in [0.25, 0.3) is 0 Å². The summed E-state index contributed by atoms with van der Waals surface area (Å²) in [6.07, 6.45) is 4.46. The van der Waals surface area contributed by atoms with E-state index in [1.165, 1.54) is 17.0 Å². The highest BCUT2D eigenvalue weighted by Gasteiger charge is 2.50. The van der Waals surface area contributed by atoms with E-state index in [1.54, 1.807) is 32.9 Å². The number of esters is 1. The fraction of sp³-hybridized carbons (Fsp3) is 0.455. The number of benzene rings is 1. The Morgan fingerprint density at radius 1 is 1.18 bits per heavy atom. The molecular weight excluding hydrogens is 358 g/mol. The van der Waals surface area contributed by atoms with E-state index in [0.717, 1.165) is 0 Å². The lowest BCUT2D eigenvalue weighted by Crippen LogP contribution is -2.31. The fourth-order valence-electron chi connectivity index (χ4n) is 3.60. The summed E-state index contributed by atoms with van der Waals surface area (Å²) >= 11 is 0. The first-order valence-corrected chi connectivity index (χ1v) is 9.46. The number of carbonyl (C=O) groups excluding carboxylic acids is 4. The summed E-state index contributed by atoms with van der Waals surface area (Å²) in [6, 6.07) is 6.23. The lowest BCUT2D eigenvalue weighted by molar-refractivity contribution is -0.129. The zero-order chi connectivity index (χ0) is 20.6. The minimum Gasteiger partial charge on any atom is -0.454 e. The van der Waals surface area contributed by atoms with Gasteiger partial charge in [0, 0.05) is 5.41 Å². The molecule has 148 valence electrons. The van der Waals surface area contributed by atoms with Gasteiger partial charge in [-0.15, -0.1) is 0 Å². The summed E-state index contributed by atoms with van der Waals surface area (Å²) in [5, 5.41) is 0. The number of amides is 2. The van der Waals surface area contributed by atoms with Gasteiger partial charge in [0.2, 0.25) is 11.8 Å². The average Bonchev–Trinajstić information content (AvgIpc) is 2.90. The molecule has 0 aromatic heterocycles. The van der Waals surface area contributed by atoms with Gasteiger partial charge in [0.1, 0.15) is 0 Å². The zero-order valence-corrected chi connectivity index (χ0v) is 16.6. The van der Waals surface area contributed by atoms with Gasteiger partial charge in [-0.25, -0.2) is 4.79 Å². The van der Waals surface area contributed by atoms with Crippen LogP contribution in [0.15, 0.2) is 36.4 Å². The van der Waals surface area contributed by atoms with Gasteiger partial charge in [-0.1, -0.05) is 45.9 Å². The van der Waals surface area contributed by atoms with Crippen molar-refractivity contribution in [2.75, 3.05) is 11.5 Å². The SMILES string of the molecule is C[C@@H]1C=CC[C@@H]2C(=O)N(c3cccc(C(=O)OCC(=O)C(C)(C)C)c3)C(=O)[C@H]12. The number of allylic oxidation sites excluding steroid dienone is 2. The molecule has 1 aliphatic heterocycles. The summed E-state index contributed by atoms with van der Waals surface area (Å²) < 4.78 is 5.11. The number of rotatable bonds is 4. The predicted octanol–water partition coefficient (Wildman–Crippen LogP) is 3.16. The van der Waals surface area contributed by atoms with Gasteiger partial charge < -0.3 is 4.74 Å². The molecule has 0 radical (unpaired) electrons. The predicted molar refractivity (Wildman–Crippen MR) is 104 cm³/mol. The summed E-state index contributed by atoms with van der Waals surface area (Å²) in [5.41, 5.74) is -0.0496. The highest BCUT2D eigenvalue weighted by Crippen LogP contribution is 2.40. The number of nitrogens with zero attached hydrogens (tertiary/aromatic N) is 1. The van der Waals surface area contributed by atoms with E-state index in [2.05, 4.69) is 0 Å². The van der Waals surface area contributed by atoms with Crippen LogP contribution in [0.3, 0.4) is 0 Å². The van der Waals surface area contributed by atoms with Crippen molar-refractivity contribution in [2.24, 2.45) is 23.2 Å². The number of Topliss-reactive ketones (excluding diaryl/α,β-unsaturated/α-hetero) is 1. The van der Waals surface area contributed by atoms with Crippen LogP contribution in [-0.2, 0) is 19.1 Å². The number of carbonyl (C=O) groups is 4. The standard InChI is InChI=1S/C22H25NO5/c1-13-7-5-10-16-18(13)20(26)23(19(16)25)15-9-6-8-14(11-15)21(27)28-12-17(24)22(2,3)4/h5-9,11,13,16,18H,10,12H2,1-4H3/t13-,16+,18-/m1/s1. The third-order valence-electron chi connectivity index (χ3n) is 5.38. The Labute approximate surface area is 164 Å². The van der Waals surface area contributed by atoms with E-state index >= 15 is 0 Å². The average molecular weight is 383 g/mol. The van der Waals surface area contributed by atoms with Gasteiger partial charge in [0.25, 0.3) is 0 Å². The quantitative estimate of drug-likeness (QED) is 0.453. The molecule has 6 heteroatoms. The molecule has 0 N–H and O–H groups in total. The Balaban J connectivity index is 1.78. The summed E-state index contributed by atoms with van der Waals surface area (Å²) in [5.74, 6) is -2.04. The third kappa shape index (κ3) is 3.63. The highest BCUT2D eigenvalue weighted by atomic mass is 16.5. The first kappa shape index (κ1) is 20.0. The van der Waals surface area contributed by atoms with Crippen LogP contribution in [0.1, 0.15) is 44.5 Å². The normalized spacial score (nSPS) is 24.3. The first-order chi connectivity index (χ1) is 13.1. The smallest absolute Gasteiger partial charge is 0.338 e. The van der Waals surface area contributed by atoms with Gasteiger partial charge in [0.15, 0.2) is 12.4 Å². The van der Waals surface area contributed by atoms with Crippen molar-refractivity contribution in [1.29, 1.82) is 0 Å². The Bertz CT molecular complexity index is 864. The first-order valence-electron chi connectivity index (χ1n) is 9.46. The maximum absolute atomic E-state index is 12.9. The number of anilines is 1. The van der Waals surface area contributed by atoms with E-state index in [0.29, 0.717) is 12.1 Å². The molecule has 3 atom stereocenters. The molecule has 2 aliphatic rings. The molecule has 0 spiro atoms. The Morgan fingerprint density at radius 2 is 1.89 bits per heavy atom. The van der Waals surface area contributed by atoms with Gasteiger partial charge in [-0.05, 0) is 30.5 Å². The van der Waals surface area contributed by atoms with Crippen LogP contribution in [-0.4, -0.2) is 30.2 Å². The van der Waals surface area contributed by atoms with Gasteiger partial charge in [0.05, 0.1) is 23.1 Å². The molecule has 3 rings (SSSR count). The summed E-state index contributed by atoms with van der Waals surface area (Å²) in [7, 11) is 0. The lowest BCUT2D eigenvalue weighted by atomic mass is 9.78. The number of ketones is 1. The fourth-order valence-corrected chi connectivity index (χ4v) is 3.60. The molecule has 2 amide bonds. The number of hydrogen-bond acceptors (Lipinski definition) is 5. The number of ether oxygens (including phenoxy) is 1. The zero-order valence-electron chi connectivity index (χ0n) is 16.6. The van der Waals surface area contributed by atoms with E-state index in [1.807, 2.05) is 19.1 Å².